The fourth-order valence-electron chi connectivity index (χ4n) is 9.43. The first kappa shape index (κ1) is 35.3. The Bertz CT molecular complexity index is 1520. The molecule has 0 bridgehead atoms. The number of benzene rings is 1. The van der Waals surface area contributed by atoms with Crippen LogP contribution in [0.5, 0.6) is 0 Å². The lowest BCUT2D eigenvalue weighted by Gasteiger charge is -2.59. The number of fused-ring (bicyclic) bond motifs is 4. The summed E-state index contributed by atoms with van der Waals surface area (Å²) in [4.78, 5) is 10.6. The summed E-state index contributed by atoms with van der Waals surface area (Å²) in [7, 11) is 0. The summed E-state index contributed by atoms with van der Waals surface area (Å²) < 4.78 is 89.9. The van der Waals surface area contributed by atoms with Crippen LogP contribution in [0.1, 0.15) is 89.2 Å². The van der Waals surface area contributed by atoms with Gasteiger partial charge in [-0.2, -0.15) is 22.0 Å². The van der Waals surface area contributed by atoms with Crippen LogP contribution in [-0.2, 0) is 19.0 Å². The molecule has 1 saturated heterocycles. The number of ether oxygens (including phenoxy) is 3. The highest BCUT2D eigenvalue weighted by molar-refractivity contribution is 5.68. The van der Waals surface area contributed by atoms with Crippen molar-refractivity contribution in [2.75, 3.05) is 26.4 Å². The van der Waals surface area contributed by atoms with Gasteiger partial charge in [0.15, 0.2) is 5.79 Å². The molecule has 4 aliphatic carbocycles. The van der Waals surface area contributed by atoms with Crippen molar-refractivity contribution in [3.8, 4) is 11.8 Å². The van der Waals surface area contributed by atoms with Gasteiger partial charge in [0.1, 0.15) is 18.8 Å². The highest BCUT2D eigenvalue weighted by Crippen LogP contribution is 2.71. The lowest BCUT2D eigenvalue weighted by atomic mass is 9.49. The largest absolute Gasteiger partial charge is 0.480 e. The molecule has 4 fully saturated rings. The predicted molar refractivity (Wildman–Crippen MR) is 163 cm³/mol. The SMILES string of the molecule is CC1(C)COC2(CCC3=C4C(CCC3(O)C2)C2CC[C@@](O)(C(F)(F)C(F)(F)F)[C@@]2(C)C[C@@H]4c2ccc(C#CCOCC(=O)O)cc2)OC1. The molecule has 264 valence electrons. The van der Waals surface area contributed by atoms with E-state index in [1.807, 2.05) is 13.8 Å². The molecule has 0 amide bonds. The zero-order valence-corrected chi connectivity index (χ0v) is 27.4. The Balaban J connectivity index is 1.39. The van der Waals surface area contributed by atoms with Gasteiger partial charge in [-0.1, -0.05) is 50.3 Å². The topological polar surface area (TPSA) is 105 Å². The van der Waals surface area contributed by atoms with Gasteiger partial charge in [0, 0.05) is 35.2 Å². The van der Waals surface area contributed by atoms with Gasteiger partial charge >= 0.3 is 18.1 Å². The average molecular weight is 683 g/mol. The summed E-state index contributed by atoms with van der Waals surface area (Å²) in [5.74, 6) is -3.49. The number of carboxylic acids is 1. The molecular formula is C36H43F5O7. The summed E-state index contributed by atoms with van der Waals surface area (Å²) in [6, 6.07) is 6.92. The second-order valence-corrected chi connectivity index (χ2v) is 15.5. The monoisotopic (exact) mass is 682 g/mol. The molecule has 3 N–H and O–H groups in total. The molecule has 3 saturated carbocycles. The minimum atomic E-state index is -5.93. The van der Waals surface area contributed by atoms with Gasteiger partial charge < -0.3 is 29.5 Å². The molecule has 5 aliphatic rings. The van der Waals surface area contributed by atoms with Crippen molar-refractivity contribution < 1.29 is 56.3 Å². The zero-order valence-electron chi connectivity index (χ0n) is 27.4. The molecule has 1 spiro atoms. The van der Waals surface area contributed by atoms with Crippen LogP contribution >= 0.6 is 0 Å². The van der Waals surface area contributed by atoms with Gasteiger partial charge in [0.2, 0.25) is 0 Å². The van der Waals surface area contributed by atoms with E-state index in [4.69, 9.17) is 19.3 Å². The second-order valence-electron chi connectivity index (χ2n) is 15.5. The predicted octanol–water partition coefficient (Wildman–Crippen LogP) is 6.36. The van der Waals surface area contributed by atoms with E-state index in [0.717, 1.165) is 11.1 Å². The van der Waals surface area contributed by atoms with E-state index in [1.165, 1.54) is 6.92 Å². The molecule has 0 aromatic heterocycles. The Morgan fingerprint density at radius 3 is 2.29 bits per heavy atom. The molecule has 3 unspecified atom stereocenters. The number of aliphatic carboxylic acids is 1. The summed E-state index contributed by atoms with van der Waals surface area (Å²) in [5, 5.41) is 32.6. The van der Waals surface area contributed by atoms with E-state index in [2.05, 4.69) is 11.8 Å². The number of halogens is 5. The molecule has 12 heteroatoms. The van der Waals surface area contributed by atoms with Crippen LogP contribution < -0.4 is 0 Å². The zero-order chi connectivity index (χ0) is 35.0. The Hall–Kier alpha value is -2.56. The van der Waals surface area contributed by atoms with Crippen LogP contribution in [0, 0.1) is 34.5 Å². The maximum absolute atomic E-state index is 15.3. The minimum Gasteiger partial charge on any atom is -0.480 e. The molecule has 1 aliphatic heterocycles. The highest BCUT2D eigenvalue weighted by Gasteiger charge is 2.79. The molecule has 7 nitrogen and oxygen atoms in total. The van der Waals surface area contributed by atoms with Crippen LogP contribution in [0.15, 0.2) is 35.4 Å². The molecule has 6 rings (SSSR count). The van der Waals surface area contributed by atoms with Crippen LogP contribution in [0.4, 0.5) is 22.0 Å². The van der Waals surface area contributed by atoms with Crippen molar-refractivity contribution in [3.05, 3.63) is 46.5 Å². The van der Waals surface area contributed by atoms with Crippen molar-refractivity contribution in [1.29, 1.82) is 0 Å². The number of hydrogen-bond acceptors (Lipinski definition) is 6. The van der Waals surface area contributed by atoms with Crippen LogP contribution in [0.25, 0.3) is 0 Å². The van der Waals surface area contributed by atoms with E-state index in [1.54, 1.807) is 24.3 Å². The van der Waals surface area contributed by atoms with Gasteiger partial charge in [0.25, 0.3) is 0 Å². The minimum absolute atomic E-state index is 0.00891. The van der Waals surface area contributed by atoms with Crippen LogP contribution in [0.3, 0.4) is 0 Å². The first-order valence-corrected chi connectivity index (χ1v) is 16.6. The number of allylic oxidation sites excluding steroid dienone is 1. The Morgan fingerprint density at radius 1 is 1.00 bits per heavy atom. The summed E-state index contributed by atoms with van der Waals surface area (Å²) in [5.41, 5.74) is -3.67. The lowest BCUT2D eigenvalue weighted by Crippen LogP contribution is -2.65. The summed E-state index contributed by atoms with van der Waals surface area (Å²) >= 11 is 0. The Kier molecular flexibility index (Phi) is 8.64. The number of hydrogen-bond donors (Lipinski definition) is 3. The lowest BCUT2D eigenvalue weighted by molar-refractivity contribution is -0.362. The third-order valence-electron chi connectivity index (χ3n) is 11.8. The average Bonchev–Trinajstić information content (AvgIpc) is 3.28. The van der Waals surface area contributed by atoms with Crippen molar-refractivity contribution in [2.45, 2.75) is 107 Å². The van der Waals surface area contributed by atoms with E-state index in [-0.39, 0.29) is 37.7 Å². The number of aliphatic hydroxyl groups is 2. The molecule has 1 aromatic carbocycles. The number of alkyl halides is 5. The second kappa shape index (κ2) is 11.8. The number of carbonyl (C=O) groups is 1. The van der Waals surface area contributed by atoms with E-state index in [0.29, 0.717) is 43.6 Å². The fraction of sp³-hybridized carbons (Fsp3) is 0.694. The van der Waals surface area contributed by atoms with E-state index >= 15 is 8.78 Å². The standard InChI is InChI=1S/C36H43F5O7/c1-30(2)20-47-33(48-21-30)14-11-27-29-24(10-13-32(27,44)19-33)26-12-15-34(45,35(37,38)36(39,40)41)31(26,3)17-25(29)23-8-6-22(7-9-23)5-4-16-46-18-28(42)43/h6-9,24-26,44-45H,10-21H2,1-3H3,(H,42,43)/t24?,25-,26?,31+,32?,34+/m1/s1. The van der Waals surface area contributed by atoms with Crippen molar-refractivity contribution in [3.63, 3.8) is 0 Å². The van der Waals surface area contributed by atoms with Crippen LogP contribution in [0.2, 0.25) is 0 Å². The van der Waals surface area contributed by atoms with Crippen molar-refractivity contribution >= 4 is 5.97 Å². The number of carboxylic acid groups (broad SMARTS) is 1. The normalized spacial score (nSPS) is 35.7. The highest BCUT2D eigenvalue weighted by atomic mass is 19.4. The van der Waals surface area contributed by atoms with Crippen molar-refractivity contribution in [2.24, 2.45) is 22.7 Å². The summed E-state index contributed by atoms with van der Waals surface area (Å²) in [6.07, 6.45) is -5.03. The third kappa shape index (κ3) is 5.67. The molecule has 0 radical (unpaired) electrons. The molecular weight excluding hydrogens is 639 g/mol. The maximum atomic E-state index is 15.3. The van der Waals surface area contributed by atoms with Gasteiger partial charge in [-0.25, -0.2) is 4.79 Å². The first-order chi connectivity index (χ1) is 22.3. The van der Waals surface area contributed by atoms with E-state index < -0.39 is 71.3 Å². The molecule has 6 atom stereocenters. The maximum Gasteiger partial charge on any atom is 0.456 e. The molecule has 1 heterocycles. The van der Waals surface area contributed by atoms with E-state index in [9.17, 15) is 28.2 Å². The van der Waals surface area contributed by atoms with Gasteiger partial charge in [-0.05, 0) is 73.6 Å². The van der Waals surface area contributed by atoms with Gasteiger partial charge in [-0.3, -0.25) is 0 Å². The Labute approximate surface area is 276 Å². The number of rotatable bonds is 5. The smallest absolute Gasteiger partial charge is 0.456 e. The summed E-state index contributed by atoms with van der Waals surface area (Å²) in [6.45, 7) is 5.80. The van der Waals surface area contributed by atoms with Crippen molar-refractivity contribution in [1.82, 2.24) is 0 Å². The fourth-order valence-corrected chi connectivity index (χ4v) is 9.43. The first-order valence-electron chi connectivity index (χ1n) is 16.6. The molecule has 48 heavy (non-hydrogen) atoms. The third-order valence-corrected chi connectivity index (χ3v) is 11.8. The van der Waals surface area contributed by atoms with Gasteiger partial charge in [0.05, 0.1) is 18.8 Å². The quantitative estimate of drug-likeness (QED) is 0.144. The van der Waals surface area contributed by atoms with Gasteiger partial charge in [-0.15, -0.1) is 0 Å². The Morgan fingerprint density at radius 2 is 1.67 bits per heavy atom. The van der Waals surface area contributed by atoms with Crippen LogP contribution in [-0.4, -0.2) is 76.8 Å². The molecule has 1 aromatic rings.